The number of aromatic nitrogens is 4. The van der Waals surface area contributed by atoms with E-state index in [0.29, 0.717) is 21.8 Å². The first-order valence-electron chi connectivity index (χ1n) is 4.65. The first kappa shape index (κ1) is 10.7. The van der Waals surface area contributed by atoms with Gasteiger partial charge in [-0.2, -0.15) is 4.98 Å². The molecule has 0 aliphatic heterocycles. The van der Waals surface area contributed by atoms with Gasteiger partial charge in [0.15, 0.2) is 0 Å². The highest BCUT2D eigenvalue weighted by atomic mass is 32.1. The van der Waals surface area contributed by atoms with Crippen molar-refractivity contribution in [3.63, 3.8) is 0 Å². The predicted molar refractivity (Wildman–Crippen MR) is 59.0 cm³/mol. The van der Waals surface area contributed by atoms with Crippen LogP contribution in [-0.2, 0) is 11.2 Å². The number of carbonyl (C=O) groups is 1. The van der Waals surface area contributed by atoms with Crippen molar-refractivity contribution >= 4 is 24.0 Å². The van der Waals surface area contributed by atoms with Crippen molar-refractivity contribution < 1.29 is 9.90 Å². The number of H-pyrrole nitrogens is 1. The maximum Gasteiger partial charge on any atom is 0.307 e. The second kappa shape index (κ2) is 3.67. The molecular formula is C9H10N4O2S. The lowest BCUT2D eigenvalue weighted by Gasteiger charge is -2.08. The highest BCUT2D eigenvalue weighted by Crippen LogP contribution is 2.13. The summed E-state index contributed by atoms with van der Waals surface area (Å²) in [6.45, 7) is 3.58. The molecular weight excluding hydrogens is 228 g/mol. The molecule has 0 radical (unpaired) electrons. The number of fused-ring (bicyclic) bond motifs is 1. The smallest absolute Gasteiger partial charge is 0.307 e. The zero-order valence-corrected chi connectivity index (χ0v) is 9.63. The molecule has 0 unspecified atom stereocenters. The molecule has 0 aliphatic carbocycles. The Hall–Kier alpha value is -1.76. The summed E-state index contributed by atoms with van der Waals surface area (Å²) in [6.07, 6.45) is -0.0562. The van der Waals surface area contributed by atoms with Gasteiger partial charge in [0.05, 0.1) is 6.42 Å². The molecule has 2 heterocycles. The van der Waals surface area contributed by atoms with Gasteiger partial charge >= 0.3 is 5.97 Å². The number of hydrogen-bond acceptors (Lipinski definition) is 4. The summed E-state index contributed by atoms with van der Waals surface area (Å²) >= 11 is 4.90. The summed E-state index contributed by atoms with van der Waals surface area (Å²) in [5, 5.41) is 11.6. The third-order valence-electron chi connectivity index (χ3n) is 2.41. The minimum Gasteiger partial charge on any atom is -0.481 e. The quantitative estimate of drug-likeness (QED) is 0.763. The summed E-state index contributed by atoms with van der Waals surface area (Å²) in [5.41, 5.74) is 2.12. The Morgan fingerprint density at radius 1 is 1.50 bits per heavy atom. The third kappa shape index (κ3) is 1.69. The van der Waals surface area contributed by atoms with Crippen LogP contribution in [0.15, 0.2) is 0 Å². The van der Waals surface area contributed by atoms with Gasteiger partial charge in [-0.1, -0.05) is 0 Å². The van der Waals surface area contributed by atoms with Gasteiger partial charge in [0.2, 0.25) is 4.77 Å². The number of nitrogens with one attached hydrogen (secondary N) is 1. The molecule has 0 atom stereocenters. The Bertz CT molecular complexity index is 628. The van der Waals surface area contributed by atoms with Gasteiger partial charge in [0.1, 0.15) is 0 Å². The lowest BCUT2D eigenvalue weighted by Crippen LogP contribution is -2.10. The fraction of sp³-hybridized carbons (Fsp3) is 0.333. The monoisotopic (exact) mass is 238 g/mol. The van der Waals surface area contributed by atoms with E-state index in [2.05, 4.69) is 15.1 Å². The Labute approximate surface area is 96.0 Å². The molecule has 0 spiro atoms. The van der Waals surface area contributed by atoms with E-state index in [9.17, 15) is 4.79 Å². The summed E-state index contributed by atoms with van der Waals surface area (Å²) in [4.78, 5) is 19.0. The maximum absolute atomic E-state index is 10.7. The number of nitrogens with zero attached hydrogens (tertiary/aromatic N) is 3. The molecule has 2 rings (SSSR count). The fourth-order valence-electron chi connectivity index (χ4n) is 1.64. The molecule has 6 nitrogen and oxygen atoms in total. The van der Waals surface area contributed by atoms with Crippen LogP contribution < -0.4 is 0 Å². The van der Waals surface area contributed by atoms with Gasteiger partial charge in [-0.15, -0.1) is 0 Å². The minimum atomic E-state index is -0.883. The summed E-state index contributed by atoms with van der Waals surface area (Å²) < 4.78 is 1.94. The normalized spacial score (nSPS) is 10.9. The second-order valence-electron chi connectivity index (χ2n) is 3.50. The number of carboxylic acid groups (broad SMARTS) is 1. The number of aliphatic carboxylic acids is 1. The van der Waals surface area contributed by atoms with E-state index in [1.165, 1.54) is 0 Å². The number of rotatable bonds is 2. The van der Waals surface area contributed by atoms with Crippen LogP contribution in [-0.4, -0.2) is 30.7 Å². The molecule has 84 valence electrons. The van der Waals surface area contributed by atoms with Gasteiger partial charge in [0.25, 0.3) is 5.78 Å². The van der Waals surface area contributed by atoms with Gasteiger partial charge < -0.3 is 5.11 Å². The van der Waals surface area contributed by atoms with Crippen LogP contribution in [0.5, 0.6) is 0 Å². The van der Waals surface area contributed by atoms with Crippen molar-refractivity contribution in [3.05, 3.63) is 21.7 Å². The lowest BCUT2D eigenvalue weighted by molar-refractivity contribution is -0.136. The molecule has 2 N–H and O–H groups in total. The number of hydrogen-bond donors (Lipinski definition) is 2. The standard InChI is InChI=1S/C9H10N4O2S/c1-4-6(3-7(14)15)5(2)13-8(10-4)11-9(16)12-13/h3H2,1-2H3,(H,12,16)(H,14,15). The molecule has 0 saturated heterocycles. The Morgan fingerprint density at radius 2 is 2.19 bits per heavy atom. The first-order chi connectivity index (χ1) is 7.49. The van der Waals surface area contributed by atoms with E-state index < -0.39 is 5.97 Å². The average molecular weight is 238 g/mol. The van der Waals surface area contributed by atoms with Gasteiger partial charge in [-0.25, -0.2) is 9.50 Å². The molecule has 0 amide bonds. The van der Waals surface area contributed by atoms with E-state index in [4.69, 9.17) is 17.3 Å². The molecule has 0 saturated carbocycles. The molecule has 0 aliphatic rings. The lowest BCUT2D eigenvalue weighted by atomic mass is 10.1. The van der Waals surface area contributed by atoms with Crippen molar-refractivity contribution in [3.8, 4) is 0 Å². The number of carboxylic acids is 1. The average Bonchev–Trinajstić information content (AvgIpc) is 2.53. The predicted octanol–water partition coefficient (Wildman–Crippen LogP) is 1.03. The number of aromatic amines is 1. The number of aryl methyl sites for hydroxylation is 2. The van der Waals surface area contributed by atoms with Crippen LogP contribution >= 0.6 is 12.2 Å². The molecule has 0 bridgehead atoms. The van der Waals surface area contributed by atoms with Crippen LogP contribution in [0.3, 0.4) is 0 Å². The van der Waals surface area contributed by atoms with Crippen molar-refractivity contribution in [2.45, 2.75) is 20.3 Å². The SMILES string of the molecule is Cc1nc2nc(=S)[nH]n2c(C)c1CC(=O)O. The van der Waals surface area contributed by atoms with Gasteiger partial charge in [0, 0.05) is 17.0 Å². The Kier molecular flexibility index (Phi) is 2.47. The van der Waals surface area contributed by atoms with Gasteiger partial charge in [-0.05, 0) is 26.1 Å². The fourth-order valence-corrected chi connectivity index (χ4v) is 1.81. The largest absolute Gasteiger partial charge is 0.481 e. The zero-order chi connectivity index (χ0) is 11.9. The molecule has 7 heteroatoms. The van der Waals surface area contributed by atoms with E-state index in [0.717, 1.165) is 5.69 Å². The van der Waals surface area contributed by atoms with Crippen molar-refractivity contribution in [2.75, 3.05) is 0 Å². The maximum atomic E-state index is 10.7. The van der Waals surface area contributed by atoms with Crippen molar-refractivity contribution in [1.29, 1.82) is 0 Å². The Morgan fingerprint density at radius 3 is 2.81 bits per heavy atom. The molecule has 0 fully saturated rings. The zero-order valence-electron chi connectivity index (χ0n) is 8.81. The van der Waals surface area contributed by atoms with Crippen molar-refractivity contribution in [2.24, 2.45) is 0 Å². The van der Waals surface area contributed by atoms with Crippen molar-refractivity contribution in [1.82, 2.24) is 19.6 Å². The summed E-state index contributed by atoms with van der Waals surface area (Å²) in [5.74, 6) is -0.416. The van der Waals surface area contributed by atoms with Crippen LogP contribution in [0.4, 0.5) is 0 Å². The van der Waals surface area contributed by atoms with E-state index in [-0.39, 0.29) is 6.42 Å². The summed E-state index contributed by atoms with van der Waals surface area (Å²) in [6, 6.07) is 0. The highest BCUT2D eigenvalue weighted by molar-refractivity contribution is 7.71. The van der Waals surface area contributed by atoms with Gasteiger partial charge in [-0.3, -0.25) is 9.89 Å². The topological polar surface area (TPSA) is 83.3 Å². The van der Waals surface area contributed by atoms with E-state index in [1.807, 2.05) is 6.92 Å². The van der Waals surface area contributed by atoms with Crippen LogP contribution in [0.25, 0.3) is 5.78 Å². The van der Waals surface area contributed by atoms with E-state index >= 15 is 0 Å². The van der Waals surface area contributed by atoms with E-state index in [1.54, 1.807) is 11.4 Å². The molecule has 2 aromatic heterocycles. The molecule has 0 aromatic carbocycles. The minimum absolute atomic E-state index is 0.0562. The first-order valence-corrected chi connectivity index (χ1v) is 5.06. The van der Waals surface area contributed by atoms with Crippen LogP contribution in [0.2, 0.25) is 0 Å². The highest BCUT2D eigenvalue weighted by Gasteiger charge is 2.13. The molecule has 16 heavy (non-hydrogen) atoms. The molecule has 2 aromatic rings. The summed E-state index contributed by atoms with van der Waals surface area (Å²) in [7, 11) is 0. The van der Waals surface area contributed by atoms with Crippen LogP contribution in [0.1, 0.15) is 17.0 Å². The van der Waals surface area contributed by atoms with Crippen LogP contribution in [0, 0.1) is 18.6 Å². The third-order valence-corrected chi connectivity index (χ3v) is 2.60. The Balaban J connectivity index is 2.74. The second-order valence-corrected chi connectivity index (χ2v) is 3.88.